The summed E-state index contributed by atoms with van der Waals surface area (Å²) >= 11 is 0. The molecule has 0 saturated carbocycles. The van der Waals surface area contributed by atoms with E-state index in [1.54, 1.807) is 6.07 Å². The number of fused-ring (bicyclic) bond motifs is 1. The summed E-state index contributed by atoms with van der Waals surface area (Å²) in [6.45, 7) is 2.41. The quantitative estimate of drug-likeness (QED) is 0.882. The smallest absolute Gasteiger partial charge is 0.124 e. The molecule has 2 aromatic rings. The van der Waals surface area contributed by atoms with E-state index in [0.717, 1.165) is 29.7 Å². The molecular formula is C18H20FNO2. The molecule has 22 heavy (non-hydrogen) atoms. The molecule has 2 aromatic carbocycles. The second-order valence-electron chi connectivity index (χ2n) is 5.49. The molecule has 3 nitrogen and oxygen atoms in total. The lowest BCUT2D eigenvalue weighted by molar-refractivity contribution is 0.267. The number of rotatable bonds is 5. The first kappa shape index (κ1) is 14.9. The van der Waals surface area contributed by atoms with Crippen molar-refractivity contribution in [2.45, 2.75) is 32.4 Å². The summed E-state index contributed by atoms with van der Waals surface area (Å²) in [5, 5.41) is 12.9. The zero-order chi connectivity index (χ0) is 15.5. The Morgan fingerprint density at radius 3 is 2.91 bits per heavy atom. The Hall–Kier alpha value is -2.07. The molecule has 0 unspecified atom stereocenters. The molecule has 0 radical (unpaired) electrons. The van der Waals surface area contributed by atoms with Crippen molar-refractivity contribution in [2.24, 2.45) is 0 Å². The normalized spacial score (nSPS) is 16.4. The second-order valence-corrected chi connectivity index (χ2v) is 5.49. The lowest BCUT2D eigenvalue weighted by Gasteiger charge is -2.17. The lowest BCUT2D eigenvalue weighted by atomic mass is 10.1. The Labute approximate surface area is 129 Å². The van der Waals surface area contributed by atoms with Crippen LogP contribution in [-0.4, -0.2) is 11.7 Å². The fourth-order valence-electron chi connectivity index (χ4n) is 3.01. The van der Waals surface area contributed by atoms with Gasteiger partial charge in [-0.05, 0) is 61.2 Å². The minimum atomic E-state index is -0.199. The number of hydrogen-bond donors (Lipinski definition) is 2. The summed E-state index contributed by atoms with van der Waals surface area (Å²) in [5.74, 6) is 0.503. The number of anilines is 1. The summed E-state index contributed by atoms with van der Waals surface area (Å²) < 4.78 is 18.9. The molecule has 0 fully saturated rings. The zero-order valence-electron chi connectivity index (χ0n) is 12.6. The molecule has 1 atom stereocenters. The molecule has 0 aliphatic heterocycles. The van der Waals surface area contributed by atoms with Crippen LogP contribution in [0.5, 0.6) is 5.75 Å². The number of nitrogens with one attached hydrogen (secondary N) is 1. The molecule has 4 heteroatoms. The van der Waals surface area contributed by atoms with E-state index in [1.165, 1.54) is 11.6 Å². The Morgan fingerprint density at radius 1 is 1.27 bits per heavy atom. The number of halogens is 1. The van der Waals surface area contributed by atoms with Gasteiger partial charge in [0, 0.05) is 11.3 Å². The standard InChI is InChI=1S/C18H20FNO2/c1-2-22-18-8-6-15(9-13(18)11-21)20-17-7-4-12-3-5-14(19)10-16(12)17/h3,5-6,8-10,17,20-21H,2,4,7,11H2,1H3/t17-/m1/s1. The van der Waals surface area contributed by atoms with Gasteiger partial charge >= 0.3 is 0 Å². The Bertz CT molecular complexity index is 672. The van der Waals surface area contributed by atoms with Gasteiger partial charge in [-0.15, -0.1) is 0 Å². The lowest BCUT2D eigenvalue weighted by Crippen LogP contribution is -2.08. The number of aliphatic hydroxyl groups excluding tert-OH is 1. The summed E-state index contributed by atoms with van der Waals surface area (Å²) in [6.07, 6.45) is 1.90. The maximum absolute atomic E-state index is 13.5. The van der Waals surface area contributed by atoms with Crippen LogP contribution in [0.25, 0.3) is 0 Å². The van der Waals surface area contributed by atoms with Gasteiger partial charge in [0.15, 0.2) is 0 Å². The number of aliphatic hydroxyl groups is 1. The van der Waals surface area contributed by atoms with Crippen LogP contribution in [0.15, 0.2) is 36.4 Å². The minimum absolute atomic E-state index is 0.0687. The van der Waals surface area contributed by atoms with Crippen molar-refractivity contribution in [3.8, 4) is 5.75 Å². The third-order valence-corrected chi connectivity index (χ3v) is 4.06. The molecule has 1 aliphatic rings. The summed E-state index contributed by atoms with van der Waals surface area (Å²) in [6, 6.07) is 10.8. The predicted octanol–water partition coefficient (Wildman–Crippen LogP) is 3.82. The first-order valence-electron chi connectivity index (χ1n) is 7.62. The van der Waals surface area contributed by atoms with Gasteiger partial charge in [0.2, 0.25) is 0 Å². The molecule has 3 rings (SSSR count). The number of aryl methyl sites for hydroxylation is 1. The number of benzene rings is 2. The van der Waals surface area contributed by atoms with Gasteiger partial charge in [0.1, 0.15) is 11.6 Å². The summed E-state index contributed by atoms with van der Waals surface area (Å²) in [4.78, 5) is 0. The van der Waals surface area contributed by atoms with Gasteiger partial charge < -0.3 is 15.2 Å². The highest BCUT2D eigenvalue weighted by Crippen LogP contribution is 2.35. The van der Waals surface area contributed by atoms with Gasteiger partial charge in [-0.3, -0.25) is 0 Å². The van der Waals surface area contributed by atoms with Crippen LogP contribution < -0.4 is 10.1 Å². The largest absolute Gasteiger partial charge is 0.494 e. The topological polar surface area (TPSA) is 41.5 Å². The van der Waals surface area contributed by atoms with Crippen molar-refractivity contribution >= 4 is 5.69 Å². The SMILES string of the molecule is CCOc1ccc(N[C@@H]2CCc3ccc(F)cc32)cc1CO. The summed E-state index contributed by atoms with van der Waals surface area (Å²) in [5.41, 5.74) is 3.89. The van der Waals surface area contributed by atoms with Crippen LogP contribution >= 0.6 is 0 Å². The van der Waals surface area contributed by atoms with E-state index in [-0.39, 0.29) is 18.5 Å². The average molecular weight is 301 g/mol. The van der Waals surface area contributed by atoms with Crippen molar-refractivity contribution in [3.63, 3.8) is 0 Å². The van der Waals surface area contributed by atoms with E-state index in [0.29, 0.717) is 12.4 Å². The van der Waals surface area contributed by atoms with Crippen molar-refractivity contribution in [3.05, 3.63) is 58.9 Å². The maximum atomic E-state index is 13.5. The molecule has 1 aliphatic carbocycles. The van der Waals surface area contributed by atoms with Crippen LogP contribution in [0, 0.1) is 5.82 Å². The van der Waals surface area contributed by atoms with E-state index in [9.17, 15) is 9.50 Å². The van der Waals surface area contributed by atoms with Crippen molar-refractivity contribution in [1.29, 1.82) is 0 Å². The molecule has 0 heterocycles. The van der Waals surface area contributed by atoms with Crippen LogP contribution in [0.1, 0.15) is 36.1 Å². The van der Waals surface area contributed by atoms with Gasteiger partial charge in [-0.2, -0.15) is 0 Å². The Kier molecular flexibility index (Phi) is 4.29. The van der Waals surface area contributed by atoms with Crippen molar-refractivity contribution in [1.82, 2.24) is 0 Å². The maximum Gasteiger partial charge on any atom is 0.124 e. The van der Waals surface area contributed by atoms with E-state index >= 15 is 0 Å². The Balaban J connectivity index is 1.82. The third-order valence-electron chi connectivity index (χ3n) is 4.06. The van der Waals surface area contributed by atoms with E-state index in [2.05, 4.69) is 5.32 Å². The first-order valence-corrected chi connectivity index (χ1v) is 7.62. The van der Waals surface area contributed by atoms with Crippen LogP contribution in [0.3, 0.4) is 0 Å². The fourth-order valence-corrected chi connectivity index (χ4v) is 3.01. The molecule has 0 aromatic heterocycles. The average Bonchev–Trinajstić information content (AvgIpc) is 2.91. The van der Waals surface area contributed by atoms with Crippen LogP contribution in [0.2, 0.25) is 0 Å². The molecule has 2 N–H and O–H groups in total. The van der Waals surface area contributed by atoms with E-state index < -0.39 is 0 Å². The van der Waals surface area contributed by atoms with Gasteiger partial charge in [-0.1, -0.05) is 6.07 Å². The minimum Gasteiger partial charge on any atom is -0.494 e. The monoisotopic (exact) mass is 301 g/mol. The molecular weight excluding hydrogens is 281 g/mol. The van der Waals surface area contributed by atoms with Crippen LogP contribution in [-0.2, 0) is 13.0 Å². The second kappa shape index (κ2) is 6.36. The highest BCUT2D eigenvalue weighted by atomic mass is 19.1. The highest BCUT2D eigenvalue weighted by Gasteiger charge is 2.23. The fraction of sp³-hybridized carbons (Fsp3) is 0.333. The summed E-state index contributed by atoms with van der Waals surface area (Å²) in [7, 11) is 0. The number of ether oxygens (including phenoxy) is 1. The first-order chi connectivity index (χ1) is 10.7. The highest BCUT2D eigenvalue weighted by molar-refractivity contribution is 5.53. The molecule has 0 saturated heterocycles. The van der Waals surface area contributed by atoms with Crippen molar-refractivity contribution in [2.75, 3.05) is 11.9 Å². The molecule has 0 amide bonds. The third kappa shape index (κ3) is 2.92. The van der Waals surface area contributed by atoms with Crippen LogP contribution in [0.4, 0.5) is 10.1 Å². The van der Waals surface area contributed by atoms with Gasteiger partial charge in [0.05, 0.1) is 19.3 Å². The molecule has 0 bridgehead atoms. The van der Waals surface area contributed by atoms with E-state index in [4.69, 9.17) is 4.74 Å². The van der Waals surface area contributed by atoms with Crippen molar-refractivity contribution < 1.29 is 14.2 Å². The predicted molar refractivity (Wildman–Crippen MR) is 84.6 cm³/mol. The van der Waals surface area contributed by atoms with Gasteiger partial charge in [-0.25, -0.2) is 4.39 Å². The number of hydrogen-bond acceptors (Lipinski definition) is 3. The molecule has 0 spiro atoms. The zero-order valence-corrected chi connectivity index (χ0v) is 12.6. The Morgan fingerprint density at radius 2 is 2.14 bits per heavy atom. The molecule has 116 valence electrons. The van der Waals surface area contributed by atoms with Gasteiger partial charge in [0.25, 0.3) is 0 Å². The van der Waals surface area contributed by atoms with E-state index in [1.807, 2.05) is 31.2 Å².